The molecule has 0 aromatic heterocycles. The summed E-state index contributed by atoms with van der Waals surface area (Å²) >= 11 is 0. The van der Waals surface area contributed by atoms with Gasteiger partial charge in [-0.25, -0.2) is 0 Å². The fraction of sp³-hybridized carbons (Fsp3) is 0.250. The van der Waals surface area contributed by atoms with Crippen LogP contribution in [0, 0.1) is 0 Å². The van der Waals surface area contributed by atoms with Gasteiger partial charge in [-0.2, -0.15) is 0 Å². The molecule has 0 bridgehead atoms. The first-order valence-corrected chi connectivity index (χ1v) is 6.23. The summed E-state index contributed by atoms with van der Waals surface area (Å²) in [7, 11) is 0. The molecule has 3 rings (SSSR count). The lowest BCUT2D eigenvalue weighted by Gasteiger charge is -2.19. The lowest BCUT2D eigenvalue weighted by Crippen LogP contribution is -2.00. The van der Waals surface area contributed by atoms with Gasteiger partial charge in [0.25, 0.3) is 0 Å². The van der Waals surface area contributed by atoms with E-state index in [0.29, 0.717) is 11.7 Å². The quantitative estimate of drug-likeness (QED) is 0.713. The third kappa shape index (κ3) is 1.82. The standard InChI is InChI=1S/C16H16O/c17-15-11-10-12-6-4-5-9-14(12)16(15)13-7-2-1-3-8-13/h2,4-7,9-11,13,17H,1,3,8H2. The van der Waals surface area contributed by atoms with E-state index < -0.39 is 0 Å². The van der Waals surface area contributed by atoms with Crippen molar-refractivity contribution in [3.05, 3.63) is 54.1 Å². The molecule has 1 unspecified atom stereocenters. The first kappa shape index (κ1) is 10.4. The third-order valence-corrected chi connectivity index (χ3v) is 3.57. The van der Waals surface area contributed by atoms with Crippen molar-refractivity contribution < 1.29 is 5.11 Å². The number of hydrogen-bond donors (Lipinski definition) is 1. The van der Waals surface area contributed by atoms with Crippen LogP contribution in [0.3, 0.4) is 0 Å². The third-order valence-electron chi connectivity index (χ3n) is 3.57. The van der Waals surface area contributed by atoms with Gasteiger partial charge in [-0.1, -0.05) is 42.5 Å². The molecule has 0 amide bonds. The van der Waals surface area contributed by atoms with Crippen molar-refractivity contribution in [2.75, 3.05) is 0 Å². The summed E-state index contributed by atoms with van der Waals surface area (Å²) < 4.78 is 0. The summed E-state index contributed by atoms with van der Waals surface area (Å²) in [6.45, 7) is 0. The summed E-state index contributed by atoms with van der Waals surface area (Å²) in [6, 6.07) is 12.1. The minimum absolute atomic E-state index is 0.370. The molecule has 1 aliphatic carbocycles. The number of benzene rings is 2. The van der Waals surface area contributed by atoms with Crippen LogP contribution in [0.5, 0.6) is 5.75 Å². The SMILES string of the molecule is Oc1ccc2ccccc2c1C1C=CCCC1. The van der Waals surface area contributed by atoms with Gasteiger partial charge in [-0.05, 0) is 36.1 Å². The Morgan fingerprint density at radius 2 is 1.94 bits per heavy atom. The minimum Gasteiger partial charge on any atom is -0.508 e. The monoisotopic (exact) mass is 224 g/mol. The number of rotatable bonds is 1. The van der Waals surface area contributed by atoms with Crippen molar-refractivity contribution in [2.24, 2.45) is 0 Å². The zero-order chi connectivity index (χ0) is 11.7. The fourth-order valence-corrected chi connectivity index (χ4v) is 2.73. The summed E-state index contributed by atoms with van der Waals surface area (Å²) in [5.41, 5.74) is 1.10. The Hall–Kier alpha value is -1.76. The van der Waals surface area contributed by atoms with E-state index in [4.69, 9.17) is 0 Å². The molecular formula is C16H16O. The molecule has 2 aromatic rings. The van der Waals surface area contributed by atoms with Crippen molar-refractivity contribution in [3.8, 4) is 5.75 Å². The molecule has 0 fully saturated rings. The summed E-state index contributed by atoms with van der Waals surface area (Å²) in [5, 5.41) is 12.5. The molecule has 86 valence electrons. The van der Waals surface area contributed by atoms with E-state index in [1.54, 1.807) is 0 Å². The second-order valence-electron chi connectivity index (χ2n) is 4.69. The zero-order valence-corrected chi connectivity index (χ0v) is 9.76. The maximum atomic E-state index is 10.1. The number of aromatic hydroxyl groups is 1. The Morgan fingerprint density at radius 3 is 2.76 bits per heavy atom. The second kappa shape index (κ2) is 4.25. The van der Waals surface area contributed by atoms with E-state index in [-0.39, 0.29) is 0 Å². The Labute approximate surface area is 101 Å². The topological polar surface area (TPSA) is 20.2 Å². The largest absolute Gasteiger partial charge is 0.508 e. The molecule has 0 saturated carbocycles. The molecule has 1 nitrogen and oxygen atoms in total. The Kier molecular flexibility index (Phi) is 2.60. The molecule has 17 heavy (non-hydrogen) atoms. The number of hydrogen-bond acceptors (Lipinski definition) is 1. The van der Waals surface area contributed by atoms with E-state index in [1.165, 1.54) is 23.6 Å². The minimum atomic E-state index is 0.370. The van der Waals surface area contributed by atoms with Gasteiger partial charge in [0.1, 0.15) is 5.75 Å². The maximum absolute atomic E-state index is 10.1. The predicted molar refractivity (Wildman–Crippen MR) is 71.3 cm³/mol. The van der Waals surface area contributed by atoms with E-state index >= 15 is 0 Å². The van der Waals surface area contributed by atoms with Gasteiger partial charge in [0.2, 0.25) is 0 Å². The van der Waals surface area contributed by atoms with Gasteiger partial charge in [-0.3, -0.25) is 0 Å². The van der Waals surface area contributed by atoms with Gasteiger partial charge in [0, 0.05) is 11.5 Å². The second-order valence-corrected chi connectivity index (χ2v) is 4.69. The highest BCUT2D eigenvalue weighted by molar-refractivity contribution is 5.88. The first-order chi connectivity index (χ1) is 8.36. The molecular weight excluding hydrogens is 208 g/mol. The molecule has 0 heterocycles. The van der Waals surface area contributed by atoms with Gasteiger partial charge < -0.3 is 5.11 Å². The van der Waals surface area contributed by atoms with Crippen LogP contribution in [0.25, 0.3) is 10.8 Å². The van der Waals surface area contributed by atoms with E-state index in [9.17, 15) is 5.11 Å². The van der Waals surface area contributed by atoms with Gasteiger partial charge in [-0.15, -0.1) is 0 Å². The molecule has 0 spiro atoms. The molecule has 0 aliphatic heterocycles. The Balaban J connectivity index is 2.22. The lowest BCUT2D eigenvalue weighted by atomic mass is 9.86. The predicted octanol–water partition coefficient (Wildman–Crippen LogP) is 4.37. The Bertz CT molecular complexity index is 569. The lowest BCUT2D eigenvalue weighted by molar-refractivity contribution is 0.463. The van der Waals surface area contributed by atoms with E-state index in [1.807, 2.05) is 24.3 Å². The van der Waals surface area contributed by atoms with Crippen molar-refractivity contribution >= 4 is 10.8 Å². The van der Waals surface area contributed by atoms with Crippen molar-refractivity contribution in [2.45, 2.75) is 25.2 Å². The van der Waals surface area contributed by atoms with Crippen LogP contribution >= 0.6 is 0 Å². The van der Waals surface area contributed by atoms with Gasteiger partial charge in [0.05, 0.1) is 0 Å². The van der Waals surface area contributed by atoms with Crippen molar-refractivity contribution in [3.63, 3.8) is 0 Å². The molecule has 1 atom stereocenters. The van der Waals surface area contributed by atoms with Crippen LogP contribution in [0.2, 0.25) is 0 Å². The van der Waals surface area contributed by atoms with Crippen molar-refractivity contribution in [1.29, 1.82) is 0 Å². The van der Waals surface area contributed by atoms with Crippen LogP contribution in [0.15, 0.2) is 48.6 Å². The summed E-state index contributed by atoms with van der Waals surface area (Å²) in [4.78, 5) is 0. The first-order valence-electron chi connectivity index (χ1n) is 6.23. The van der Waals surface area contributed by atoms with Crippen LogP contribution in [0.1, 0.15) is 30.7 Å². The number of phenolic OH excluding ortho intramolecular Hbond substituents is 1. The molecule has 1 heteroatoms. The number of phenols is 1. The van der Waals surface area contributed by atoms with Crippen LogP contribution in [0.4, 0.5) is 0 Å². The highest BCUT2D eigenvalue weighted by atomic mass is 16.3. The van der Waals surface area contributed by atoms with Gasteiger partial charge in [0.15, 0.2) is 0 Å². The highest BCUT2D eigenvalue weighted by Crippen LogP contribution is 2.38. The maximum Gasteiger partial charge on any atom is 0.120 e. The number of fused-ring (bicyclic) bond motifs is 1. The summed E-state index contributed by atoms with van der Waals surface area (Å²) in [5.74, 6) is 0.801. The van der Waals surface area contributed by atoms with Crippen LogP contribution < -0.4 is 0 Å². The van der Waals surface area contributed by atoms with Crippen molar-refractivity contribution in [1.82, 2.24) is 0 Å². The molecule has 1 N–H and O–H groups in total. The van der Waals surface area contributed by atoms with Crippen LogP contribution in [-0.4, -0.2) is 5.11 Å². The average Bonchev–Trinajstić information content (AvgIpc) is 2.39. The molecule has 0 radical (unpaired) electrons. The van der Waals surface area contributed by atoms with E-state index in [0.717, 1.165) is 12.0 Å². The molecule has 1 aliphatic rings. The van der Waals surface area contributed by atoms with Gasteiger partial charge >= 0.3 is 0 Å². The average molecular weight is 224 g/mol. The summed E-state index contributed by atoms with van der Waals surface area (Å²) in [6.07, 6.45) is 7.99. The normalized spacial score (nSPS) is 19.6. The number of allylic oxidation sites excluding steroid dienone is 2. The fourth-order valence-electron chi connectivity index (χ4n) is 2.73. The highest BCUT2D eigenvalue weighted by Gasteiger charge is 2.17. The smallest absolute Gasteiger partial charge is 0.120 e. The Morgan fingerprint density at radius 1 is 1.06 bits per heavy atom. The van der Waals surface area contributed by atoms with E-state index in [2.05, 4.69) is 24.3 Å². The molecule has 0 saturated heterocycles. The van der Waals surface area contributed by atoms with Crippen LogP contribution in [-0.2, 0) is 0 Å². The molecule has 2 aromatic carbocycles. The zero-order valence-electron chi connectivity index (χ0n) is 9.76.